The average molecular weight is 221 g/mol. The molecule has 1 heterocycles. The van der Waals surface area contributed by atoms with Crippen molar-refractivity contribution in [1.29, 1.82) is 0 Å². The third-order valence-electron chi connectivity index (χ3n) is 1.99. The molecule has 0 aliphatic heterocycles. The molecule has 0 N–H and O–H groups in total. The smallest absolute Gasteiger partial charge is 0.323 e. The molecule has 0 amide bonds. The zero-order chi connectivity index (χ0) is 11.5. The number of rotatable bonds is 3. The highest BCUT2D eigenvalue weighted by Crippen LogP contribution is 2.36. The molecule has 1 aromatic carbocycles. The van der Waals surface area contributed by atoms with Crippen LogP contribution in [0.25, 0.3) is 11.5 Å². The number of methoxy groups -OCH3 is 1. The Kier molecular flexibility index (Phi) is 2.50. The van der Waals surface area contributed by atoms with Gasteiger partial charge in [0.25, 0.3) is 5.89 Å². The summed E-state index contributed by atoms with van der Waals surface area (Å²) in [6.07, 6.45) is 1.11. The fourth-order valence-electron chi connectivity index (χ4n) is 1.34. The molecule has 0 fully saturated rings. The van der Waals surface area contributed by atoms with E-state index in [-0.39, 0.29) is 22.9 Å². The molecule has 0 bridgehead atoms. The van der Waals surface area contributed by atoms with Crippen molar-refractivity contribution in [2.75, 3.05) is 7.11 Å². The molecule has 0 aliphatic rings. The minimum atomic E-state index is -0.543. The van der Waals surface area contributed by atoms with Crippen LogP contribution in [-0.4, -0.2) is 22.2 Å². The largest absolute Gasteiger partial charge is 0.490 e. The molecule has 2 rings (SSSR count). The van der Waals surface area contributed by atoms with Gasteiger partial charge in [0.2, 0.25) is 6.39 Å². The Morgan fingerprint density at radius 3 is 2.88 bits per heavy atom. The van der Waals surface area contributed by atoms with E-state index >= 15 is 0 Å². The first kappa shape index (κ1) is 10.1. The standard InChI is InChI=1S/C9H7N3O4/c1-15-7-4-2-3-6(8(7)12(13)14)9-11-10-5-16-9/h2-5H,1H3. The van der Waals surface area contributed by atoms with Gasteiger partial charge in [0, 0.05) is 0 Å². The van der Waals surface area contributed by atoms with E-state index in [4.69, 9.17) is 9.15 Å². The van der Waals surface area contributed by atoms with Crippen LogP contribution in [0, 0.1) is 10.1 Å². The topological polar surface area (TPSA) is 91.3 Å². The average Bonchev–Trinajstić information content (AvgIpc) is 2.81. The van der Waals surface area contributed by atoms with Gasteiger partial charge in [-0.15, -0.1) is 10.2 Å². The van der Waals surface area contributed by atoms with Crippen LogP contribution in [0.2, 0.25) is 0 Å². The van der Waals surface area contributed by atoms with Crippen LogP contribution in [0.1, 0.15) is 0 Å². The van der Waals surface area contributed by atoms with E-state index in [1.54, 1.807) is 6.07 Å². The monoisotopic (exact) mass is 221 g/mol. The van der Waals surface area contributed by atoms with Crippen molar-refractivity contribution in [2.24, 2.45) is 0 Å². The summed E-state index contributed by atoms with van der Waals surface area (Å²) in [6, 6.07) is 4.64. The maximum absolute atomic E-state index is 10.9. The molecule has 2 aromatic rings. The van der Waals surface area contributed by atoms with Crippen molar-refractivity contribution in [3.63, 3.8) is 0 Å². The first-order valence-electron chi connectivity index (χ1n) is 4.32. The molecule has 0 saturated heterocycles. The van der Waals surface area contributed by atoms with Crippen LogP contribution in [0.3, 0.4) is 0 Å². The summed E-state index contributed by atoms with van der Waals surface area (Å²) in [7, 11) is 1.36. The Morgan fingerprint density at radius 1 is 1.50 bits per heavy atom. The van der Waals surface area contributed by atoms with E-state index in [9.17, 15) is 10.1 Å². The fraction of sp³-hybridized carbons (Fsp3) is 0.111. The van der Waals surface area contributed by atoms with Crippen molar-refractivity contribution in [3.8, 4) is 17.2 Å². The molecule has 7 nitrogen and oxygen atoms in total. The van der Waals surface area contributed by atoms with Crippen LogP contribution in [0.15, 0.2) is 29.0 Å². The Labute approximate surface area is 89.8 Å². The number of para-hydroxylation sites is 1. The normalized spacial score (nSPS) is 10.1. The maximum Gasteiger partial charge on any atom is 0.323 e. The molecule has 7 heteroatoms. The van der Waals surface area contributed by atoms with Crippen LogP contribution >= 0.6 is 0 Å². The van der Waals surface area contributed by atoms with Gasteiger partial charge in [-0.05, 0) is 12.1 Å². The number of ether oxygens (including phenoxy) is 1. The lowest BCUT2D eigenvalue weighted by molar-refractivity contribution is -0.385. The molecule has 0 unspecified atom stereocenters. The molecule has 0 radical (unpaired) electrons. The number of aromatic nitrogens is 2. The summed E-state index contributed by atoms with van der Waals surface area (Å²) >= 11 is 0. The van der Waals surface area contributed by atoms with Crippen molar-refractivity contribution in [2.45, 2.75) is 0 Å². The van der Waals surface area contributed by atoms with Crippen LogP contribution in [0.4, 0.5) is 5.69 Å². The molecule has 82 valence electrons. The lowest BCUT2D eigenvalue weighted by Crippen LogP contribution is -1.96. The maximum atomic E-state index is 10.9. The lowest BCUT2D eigenvalue weighted by atomic mass is 10.1. The Bertz CT molecular complexity index is 509. The van der Waals surface area contributed by atoms with E-state index in [2.05, 4.69) is 10.2 Å². The van der Waals surface area contributed by atoms with Crippen LogP contribution in [-0.2, 0) is 0 Å². The van der Waals surface area contributed by atoms with E-state index in [1.807, 2.05) is 0 Å². The van der Waals surface area contributed by atoms with E-state index in [0.29, 0.717) is 0 Å². The van der Waals surface area contributed by atoms with Crippen molar-refractivity contribution < 1.29 is 14.1 Å². The third-order valence-corrected chi connectivity index (χ3v) is 1.99. The Hall–Kier alpha value is -2.44. The summed E-state index contributed by atoms with van der Waals surface area (Å²) < 4.78 is 9.84. The van der Waals surface area contributed by atoms with Gasteiger partial charge < -0.3 is 9.15 Å². The molecule has 1 aromatic heterocycles. The summed E-state index contributed by atoms with van der Waals surface area (Å²) in [6.45, 7) is 0. The first-order valence-corrected chi connectivity index (χ1v) is 4.32. The highest BCUT2D eigenvalue weighted by molar-refractivity contribution is 5.71. The zero-order valence-electron chi connectivity index (χ0n) is 8.28. The van der Waals surface area contributed by atoms with Crippen molar-refractivity contribution in [1.82, 2.24) is 10.2 Å². The minimum Gasteiger partial charge on any atom is -0.490 e. The van der Waals surface area contributed by atoms with Crippen molar-refractivity contribution in [3.05, 3.63) is 34.7 Å². The van der Waals surface area contributed by atoms with Gasteiger partial charge in [-0.1, -0.05) is 6.07 Å². The van der Waals surface area contributed by atoms with Crippen LogP contribution < -0.4 is 4.74 Å². The van der Waals surface area contributed by atoms with Gasteiger partial charge in [-0.25, -0.2) is 0 Å². The molecular weight excluding hydrogens is 214 g/mol. The lowest BCUT2D eigenvalue weighted by Gasteiger charge is -2.03. The van der Waals surface area contributed by atoms with Gasteiger partial charge in [0.1, 0.15) is 5.56 Å². The highest BCUT2D eigenvalue weighted by Gasteiger charge is 2.24. The Balaban J connectivity index is 2.65. The van der Waals surface area contributed by atoms with E-state index < -0.39 is 4.92 Å². The third kappa shape index (κ3) is 1.58. The molecule has 16 heavy (non-hydrogen) atoms. The van der Waals surface area contributed by atoms with Gasteiger partial charge >= 0.3 is 5.69 Å². The summed E-state index contributed by atoms with van der Waals surface area (Å²) in [5.74, 6) is 0.242. The van der Waals surface area contributed by atoms with E-state index in [1.165, 1.54) is 19.2 Å². The van der Waals surface area contributed by atoms with Gasteiger partial charge in [-0.2, -0.15) is 0 Å². The van der Waals surface area contributed by atoms with Gasteiger partial charge in [0.15, 0.2) is 5.75 Å². The summed E-state index contributed by atoms with van der Waals surface area (Å²) in [5, 5.41) is 18.0. The number of nitro groups is 1. The predicted octanol–water partition coefficient (Wildman–Crippen LogP) is 1.65. The van der Waals surface area contributed by atoms with E-state index in [0.717, 1.165) is 6.39 Å². The van der Waals surface area contributed by atoms with Crippen LogP contribution in [0.5, 0.6) is 5.75 Å². The first-order chi connectivity index (χ1) is 7.74. The number of benzene rings is 1. The SMILES string of the molecule is COc1cccc(-c2nnco2)c1[N+](=O)[O-]. The molecule has 0 saturated carbocycles. The predicted molar refractivity (Wildman–Crippen MR) is 52.9 cm³/mol. The quantitative estimate of drug-likeness (QED) is 0.578. The number of nitrogens with zero attached hydrogens (tertiary/aromatic N) is 3. The second-order valence-electron chi connectivity index (χ2n) is 2.86. The molecule has 0 spiro atoms. The fourth-order valence-corrected chi connectivity index (χ4v) is 1.34. The summed E-state index contributed by atoms with van der Waals surface area (Å²) in [5.41, 5.74) is 0.0519. The minimum absolute atomic E-state index is 0.0885. The van der Waals surface area contributed by atoms with Crippen molar-refractivity contribution >= 4 is 5.69 Å². The number of nitro benzene ring substituents is 1. The number of hydrogen-bond donors (Lipinski definition) is 0. The second kappa shape index (κ2) is 3.97. The van der Waals surface area contributed by atoms with Gasteiger partial charge in [-0.3, -0.25) is 10.1 Å². The number of hydrogen-bond acceptors (Lipinski definition) is 6. The molecular formula is C9H7N3O4. The molecule has 0 atom stereocenters. The summed E-state index contributed by atoms with van der Waals surface area (Å²) in [4.78, 5) is 10.4. The zero-order valence-corrected chi connectivity index (χ0v) is 8.28. The second-order valence-corrected chi connectivity index (χ2v) is 2.86. The molecule has 0 aliphatic carbocycles. The highest BCUT2D eigenvalue weighted by atomic mass is 16.6. The van der Waals surface area contributed by atoms with Gasteiger partial charge in [0.05, 0.1) is 12.0 Å². The Morgan fingerprint density at radius 2 is 2.31 bits per heavy atom.